The maximum atomic E-state index is 11.9. The molecule has 0 spiro atoms. The third-order valence-corrected chi connectivity index (χ3v) is 3.57. The molecule has 0 radical (unpaired) electrons. The van der Waals surface area contributed by atoms with Gasteiger partial charge < -0.3 is 14.8 Å². The molecule has 0 atom stereocenters. The van der Waals surface area contributed by atoms with Gasteiger partial charge in [0.25, 0.3) is 5.56 Å². The molecule has 1 aliphatic rings. The summed E-state index contributed by atoms with van der Waals surface area (Å²) in [6, 6.07) is 0. The molecule has 1 aromatic heterocycles. The summed E-state index contributed by atoms with van der Waals surface area (Å²) in [7, 11) is 3.05. The number of nitrogens with one attached hydrogen (secondary N) is 1. The van der Waals surface area contributed by atoms with E-state index < -0.39 is 0 Å². The molecular weight excluding hydrogens is 260 g/mol. The van der Waals surface area contributed by atoms with Crippen LogP contribution in [0.2, 0.25) is 0 Å². The minimum absolute atomic E-state index is 0.0594. The van der Waals surface area contributed by atoms with Gasteiger partial charge in [-0.15, -0.1) is 0 Å². The Bertz CT molecular complexity index is 611. The third kappa shape index (κ3) is 2.98. The van der Waals surface area contributed by atoms with Gasteiger partial charge in [-0.05, 0) is 12.8 Å². The van der Waals surface area contributed by atoms with Gasteiger partial charge in [-0.25, -0.2) is 4.79 Å². The Kier molecular flexibility index (Phi) is 4.39. The Labute approximate surface area is 116 Å². The van der Waals surface area contributed by atoms with Crippen LogP contribution in [0.25, 0.3) is 0 Å². The first-order chi connectivity index (χ1) is 9.50. The summed E-state index contributed by atoms with van der Waals surface area (Å²) in [6.07, 6.45) is 3.64. The van der Waals surface area contributed by atoms with E-state index in [0.717, 1.165) is 30.5 Å². The maximum absolute atomic E-state index is 11.9. The molecule has 0 aliphatic carbocycles. The van der Waals surface area contributed by atoms with Crippen LogP contribution in [0, 0.1) is 0 Å². The lowest BCUT2D eigenvalue weighted by Crippen LogP contribution is -2.41. The van der Waals surface area contributed by atoms with Crippen LogP contribution in [-0.4, -0.2) is 39.6 Å². The van der Waals surface area contributed by atoms with Crippen LogP contribution in [0.4, 0.5) is 0 Å². The van der Waals surface area contributed by atoms with Crippen molar-refractivity contribution in [1.82, 2.24) is 19.4 Å². The molecule has 20 heavy (non-hydrogen) atoms. The van der Waals surface area contributed by atoms with Crippen molar-refractivity contribution in [2.75, 3.05) is 19.6 Å². The fourth-order valence-corrected chi connectivity index (χ4v) is 2.39. The minimum Gasteiger partial charge on any atom is -0.342 e. The molecule has 2 heterocycles. The van der Waals surface area contributed by atoms with Gasteiger partial charge in [-0.1, -0.05) is 0 Å². The third-order valence-electron chi connectivity index (χ3n) is 3.57. The standard InChI is InChI=1S/C13H20N4O3/c1-15-9-10(12(19)16(2)13(15)20)7-14-8-11(18)17-5-3-4-6-17/h9,14H,3-8H2,1-2H3. The molecule has 0 aromatic carbocycles. The van der Waals surface area contributed by atoms with E-state index in [9.17, 15) is 14.4 Å². The molecule has 1 aromatic rings. The normalized spacial score (nSPS) is 14.8. The number of hydrogen-bond acceptors (Lipinski definition) is 4. The highest BCUT2D eigenvalue weighted by molar-refractivity contribution is 5.78. The highest BCUT2D eigenvalue weighted by atomic mass is 16.2. The predicted molar refractivity (Wildman–Crippen MR) is 74.4 cm³/mol. The van der Waals surface area contributed by atoms with Gasteiger partial charge in [0.2, 0.25) is 5.91 Å². The van der Waals surface area contributed by atoms with Gasteiger partial charge in [0.15, 0.2) is 0 Å². The lowest BCUT2D eigenvalue weighted by atomic mass is 10.3. The van der Waals surface area contributed by atoms with E-state index in [1.54, 1.807) is 7.05 Å². The molecule has 7 heteroatoms. The summed E-state index contributed by atoms with van der Waals surface area (Å²) < 4.78 is 2.43. The molecule has 0 bridgehead atoms. The Morgan fingerprint density at radius 2 is 1.90 bits per heavy atom. The highest BCUT2D eigenvalue weighted by Crippen LogP contribution is 2.06. The van der Waals surface area contributed by atoms with E-state index in [-0.39, 0.29) is 30.2 Å². The fraction of sp³-hybridized carbons (Fsp3) is 0.615. The van der Waals surface area contributed by atoms with Gasteiger partial charge in [0.1, 0.15) is 0 Å². The summed E-state index contributed by atoms with van der Waals surface area (Å²) in [6.45, 7) is 2.14. The van der Waals surface area contributed by atoms with Crippen molar-refractivity contribution >= 4 is 5.91 Å². The second-order valence-electron chi connectivity index (χ2n) is 5.10. The molecule has 0 unspecified atom stereocenters. The largest absolute Gasteiger partial charge is 0.342 e. The summed E-state index contributed by atoms with van der Waals surface area (Å²) >= 11 is 0. The van der Waals surface area contributed by atoms with Gasteiger partial charge in [0.05, 0.1) is 6.54 Å². The van der Waals surface area contributed by atoms with Crippen molar-refractivity contribution in [2.45, 2.75) is 19.4 Å². The first-order valence-electron chi connectivity index (χ1n) is 6.74. The second-order valence-corrected chi connectivity index (χ2v) is 5.10. The van der Waals surface area contributed by atoms with Crippen LogP contribution in [0.3, 0.4) is 0 Å². The summed E-state index contributed by atoms with van der Waals surface area (Å²) in [4.78, 5) is 37.1. The van der Waals surface area contributed by atoms with E-state index in [2.05, 4.69) is 5.32 Å². The lowest BCUT2D eigenvalue weighted by Gasteiger charge is -2.15. The average molecular weight is 280 g/mol. The van der Waals surface area contributed by atoms with Crippen LogP contribution >= 0.6 is 0 Å². The molecule has 1 fully saturated rings. The van der Waals surface area contributed by atoms with Crippen LogP contribution < -0.4 is 16.6 Å². The van der Waals surface area contributed by atoms with Crippen molar-refractivity contribution in [2.24, 2.45) is 14.1 Å². The zero-order valence-corrected chi connectivity index (χ0v) is 11.9. The zero-order chi connectivity index (χ0) is 14.7. The van der Waals surface area contributed by atoms with E-state index in [4.69, 9.17) is 0 Å². The maximum Gasteiger partial charge on any atom is 0.330 e. The van der Waals surface area contributed by atoms with Crippen molar-refractivity contribution < 1.29 is 4.79 Å². The van der Waals surface area contributed by atoms with Crippen molar-refractivity contribution in [3.63, 3.8) is 0 Å². The van der Waals surface area contributed by atoms with E-state index in [1.807, 2.05) is 4.90 Å². The van der Waals surface area contributed by atoms with Crippen molar-refractivity contribution in [1.29, 1.82) is 0 Å². The van der Waals surface area contributed by atoms with E-state index in [1.165, 1.54) is 17.8 Å². The summed E-state index contributed by atoms with van der Waals surface area (Å²) in [5.74, 6) is 0.0594. The Balaban J connectivity index is 1.96. The summed E-state index contributed by atoms with van der Waals surface area (Å²) in [5, 5.41) is 2.97. The number of aryl methyl sites for hydroxylation is 1. The number of rotatable bonds is 4. The first-order valence-corrected chi connectivity index (χ1v) is 6.74. The van der Waals surface area contributed by atoms with Crippen LogP contribution in [0.5, 0.6) is 0 Å². The molecule has 2 rings (SSSR count). The minimum atomic E-state index is -0.355. The molecule has 7 nitrogen and oxygen atoms in total. The van der Waals surface area contributed by atoms with Crippen LogP contribution in [0.1, 0.15) is 18.4 Å². The van der Waals surface area contributed by atoms with Gasteiger partial charge in [-0.2, -0.15) is 0 Å². The zero-order valence-electron chi connectivity index (χ0n) is 11.9. The fourth-order valence-electron chi connectivity index (χ4n) is 2.39. The topological polar surface area (TPSA) is 76.3 Å². The van der Waals surface area contributed by atoms with Crippen LogP contribution in [0.15, 0.2) is 15.8 Å². The predicted octanol–water partition coefficient (Wildman–Crippen LogP) is -1.20. The van der Waals surface area contributed by atoms with Gasteiger partial charge in [-0.3, -0.25) is 14.2 Å². The monoisotopic (exact) mass is 280 g/mol. The Hall–Kier alpha value is -1.89. The van der Waals surface area contributed by atoms with Gasteiger partial charge in [0, 0.05) is 45.5 Å². The second kappa shape index (κ2) is 6.04. The number of carbonyl (C=O) groups excluding carboxylic acids is 1. The number of nitrogens with zero attached hydrogens (tertiary/aromatic N) is 3. The number of carbonyl (C=O) groups is 1. The van der Waals surface area contributed by atoms with E-state index in [0.29, 0.717) is 5.56 Å². The Morgan fingerprint density at radius 3 is 2.55 bits per heavy atom. The molecular formula is C13H20N4O3. The quantitative estimate of drug-likeness (QED) is 0.751. The highest BCUT2D eigenvalue weighted by Gasteiger charge is 2.17. The van der Waals surface area contributed by atoms with E-state index >= 15 is 0 Å². The molecule has 1 aliphatic heterocycles. The lowest BCUT2D eigenvalue weighted by molar-refractivity contribution is -0.129. The molecule has 1 amide bonds. The number of likely N-dealkylation sites (tertiary alicyclic amines) is 1. The Morgan fingerprint density at radius 1 is 1.25 bits per heavy atom. The number of hydrogen-bond donors (Lipinski definition) is 1. The number of amides is 1. The average Bonchev–Trinajstić information content (AvgIpc) is 2.96. The molecule has 1 saturated heterocycles. The number of aromatic nitrogens is 2. The van der Waals surface area contributed by atoms with Crippen molar-refractivity contribution in [3.05, 3.63) is 32.6 Å². The smallest absolute Gasteiger partial charge is 0.330 e. The van der Waals surface area contributed by atoms with Gasteiger partial charge >= 0.3 is 5.69 Å². The van der Waals surface area contributed by atoms with Crippen molar-refractivity contribution in [3.8, 4) is 0 Å². The molecule has 110 valence electrons. The molecule has 1 N–H and O–H groups in total. The first kappa shape index (κ1) is 14.5. The molecule has 0 saturated carbocycles. The SMILES string of the molecule is Cn1cc(CNCC(=O)N2CCCC2)c(=O)n(C)c1=O. The summed E-state index contributed by atoms with van der Waals surface area (Å²) in [5.41, 5.74) is -0.204. The van der Waals surface area contributed by atoms with Crippen LogP contribution in [-0.2, 0) is 25.4 Å².